The van der Waals surface area contributed by atoms with Gasteiger partial charge in [0.15, 0.2) is 0 Å². The first-order valence-corrected chi connectivity index (χ1v) is 0.447. The van der Waals surface area contributed by atoms with E-state index in [0.29, 0.717) is 0 Å². The minimum atomic E-state index is 0. The first-order valence-electron chi connectivity index (χ1n) is 0.447. The first kappa shape index (κ1) is 20.1. The van der Waals surface area contributed by atoms with Crippen molar-refractivity contribution < 1.29 is 27.5 Å². The van der Waals surface area contributed by atoms with Crippen LogP contribution in [0.25, 0.3) is 0 Å². The summed E-state index contributed by atoms with van der Waals surface area (Å²) in [4.78, 5) is 0. The third-order valence-corrected chi connectivity index (χ3v) is 0. The summed E-state index contributed by atoms with van der Waals surface area (Å²) in [5, 5.41) is 7.00. The van der Waals surface area contributed by atoms with Crippen LogP contribution >= 0.6 is 12.4 Å². The van der Waals surface area contributed by atoms with E-state index in [1.807, 2.05) is 0 Å². The molecule has 0 saturated heterocycles. The molecule has 0 unspecified atom stereocenters. The molecule has 0 aromatic carbocycles. The fourth-order valence-electron chi connectivity index (χ4n) is 0. The second-order valence-corrected chi connectivity index (χ2v) is 0. The number of hydrogen-bond acceptors (Lipinski definition) is 1. The molecule has 0 aromatic heterocycles. The Labute approximate surface area is 47.3 Å². The molecule has 0 aliphatic rings. The van der Waals surface area contributed by atoms with Gasteiger partial charge in [-0.2, -0.15) is 0 Å². The molecule has 0 amide bonds. The molecular formula is CH5AuClO. The first-order chi connectivity index (χ1) is 1.00. The summed E-state index contributed by atoms with van der Waals surface area (Å²) >= 11 is 0. The fourth-order valence-corrected chi connectivity index (χ4v) is 0. The fraction of sp³-hybridized carbons (Fsp3) is 1.00. The van der Waals surface area contributed by atoms with Crippen LogP contribution in [0.4, 0.5) is 0 Å². The van der Waals surface area contributed by atoms with Gasteiger partial charge in [-0.1, -0.05) is 0 Å². The minimum Gasteiger partial charge on any atom is -0.400 e. The number of aliphatic hydroxyl groups excluding tert-OH is 1. The van der Waals surface area contributed by atoms with Crippen molar-refractivity contribution >= 4 is 12.4 Å². The van der Waals surface area contributed by atoms with Crippen LogP contribution < -0.4 is 0 Å². The molecule has 0 spiro atoms. The van der Waals surface area contributed by atoms with Gasteiger partial charge in [0, 0.05) is 29.5 Å². The molecule has 0 aliphatic heterocycles. The van der Waals surface area contributed by atoms with Crippen molar-refractivity contribution in [2.75, 3.05) is 7.11 Å². The van der Waals surface area contributed by atoms with Gasteiger partial charge in [-0.15, -0.1) is 12.4 Å². The molecule has 0 rings (SSSR count). The summed E-state index contributed by atoms with van der Waals surface area (Å²) in [6, 6.07) is 0. The van der Waals surface area contributed by atoms with Gasteiger partial charge in [0.1, 0.15) is 0 Å². The molecule has 3 heteroatoms. The van der Waals surface area contributed by atoms with Gasteiger partial charge in [0.05, 0.1) is 0 Å². The summed E-state index contributed by atoms with van der Waals surface area (Å²) in [5.41, 5.74) is 0. The minimum absolute atomic E-state index is 0. The molecule has 1 radical (unpaired) electrons. The molecule has 0 atom stereocenters. The van der Waals surface area contributed by atoms with E-state index in [0.717, 1.165) is 7.11 Å². The Bertz CT molecular complexity index is 8.00. The molecule has 0 heterocycles. The molecular weight excluding hydrogens is 260 g/mol. The van der Waals surface area contributed by atoms with Crippen LogP contribution in [0.1, 0.15) is 0 Å². The van der Waals surface area contributed by atoms with E-state index >= 15 is 0 Å². The number of rotatable bonds is 0. The zero-order valence-electron chi connectivity index (χ0n) is 2.16. The van der Waals surface area contributed by atoms with Gasteiger partial charge < -0.3 is 5.11 Å². The number of aliphatic hydroxyl groups is 1. The Morgan fingerprint density at radius 2 is 1.25 bits per heavy atom. The topological polar surface area (TPSA) is 20.2 Å². The molecule has 0 saturated carbocycles. The Morgan fingerprint density at radius 1 is 1.25 bits per heavy atom. The third-order valence-electron chi connectivity index (χ3n) is 0. The Hall–Kier alpha value is 0.990. The molecule has 1 N–H and O–H groups in total. The van der Waals surface area contributed by atoms with Crippen LogP contribution in [0.5, 0.6) is 0 Å². The molecule has 0 aliphatic carbocycles. The van der Waals surface area contributed by atoms with Gasteiger partial charge in [0.2, 0.25) is 0 Å². The average Bonchev–Trinajstić information content (AvgIpc) is 1.00. The Balaban J connectivity index is -0.00000000500. The largest absolute Gasteiger partial charge is 0.400 e. The quantitative estimate of drug-likeness (QED) is 0.613. The van der Waals surface area contributed by atoms with Crippen molar-refractivity contribution in [3.8, 4) is 0 Å². The third kappa shape index (κ3) is 12.1. The van der Waals surface area contributed by atoms with Crippen LogP contribution in [0.3, 0.4) is 0 Å². The zero-order chi connectivity index (χ0) is 2.00. The zero-order valence-corrected chi connectivity index (χ0v) is 5.14. The normalized spacial score (nSPS) is 1.50. The molecule has 1 nitrogen and oxygen atoms in total. The summed E-state index contributed by atoms with van der Waals surface area (Å²) in [6.45, 7) is 0. The SMILES string of the molecule is CO.Cl.[Au]. The van der Waals surface area contributed by atoms with Crippen LogP contribution in [-0.2, 0) is 22.4 Å². The number of hydrogen-bond donors (Lipinski definition) is 1. The van der Waals surface area contributed by atoms with Crippen LogP contribution in [0.2, 0.25) is 0 Å². The van der Waals surface area contributed by atoms with Gasteiger partial charge in [-0.3, -0.25) is 0 Å². The predicted molar refractivity (Wildman–Crippen MR) is 15.4 cm³/mol. The Morgan fingerprint density at radius 3 is 1.25 bits per heavy atom. The summed E-state index contributed by atoms with van der Waals surface area (Å²) < 4.78 is 0. The van der Waals surface area contributed by atoms with E-state index in [-0.39, 0.29) is 34.8 Å². The summed E-state index contributed by atoms with van der Waals surface area (Å²) in [7, 11) is 1.00. The van der Waals surface area contributed by atoms with E-state index in [4.69, 9.17) is 5.11 Å². The summed E-state index contributed by atoms with van der Waals surface area (Å²) in [5.74, 6) is 0. The summed E-state index contributed by atoms with van der Waals surface area (Å²) in [6.07, 6.45) is 0. The van der Waals surface area contributed by atoms with E-state index < -0.39 is 0 Å². The monoisotopic (exact) mass is 265 g/mol. The molecule has 33 valence electrons. The predicted octanol–water partition coefficient (Wildman–Crippen LogP) is 0.0278. The molecule has 0 aromatic rings. The second kappa shape index (κ2) is 36.4. The maximum absolute atomic E-state index is 7.00. The molecule has 0 bridgehead atoms. The Kier molecular flexibility index (Phi) is 182. The van der Waals surface area contributed by atoms with Crippen LogP contribution in [0, 0.1) is 0 Å². The molecule has 4 heavy (non-hydrogen) atoms. The molecule has 0 fully saturated rings. The smallest absolute Gasteiger partial charge is 0.0319 e. The van der Waals surface area contributed by atoms with E-state index in [1.54, 1.807) is 0 Å². The van der Waals surface area contributed by atoms with Crippen molar-refractivity contribution in [2.24, 2.45) is 0 Å². The second-order valence-electron chi connectivity index (χ2n) is 0. The van der Waals surface area contributed by atoms with E-state index in [2.05, 4.69) is 0 Å². The van der Waals surface area contributed by atoms with Gasteiger partial charge >= 0.3 is 0 Å². The van der Waals surface area contributed by atoms with E-state index in [1.165, 1.54) is 0 Å². The maximum Gasteiger partial charge on any atom is 0.0319 e. The maximum atomic E-state index is 7.00. The van der Waals surface area contributed by atoms with Gasteiger partial charge in [-0.25, -0.2) is 0 Å². The number of halogens is 1. The van der Waals surface area contributed by atoms with Crippen molar-refractivity contribution in [1.82, 2.24) is 0 Å². The van der Waals surface area contributed by atoms with Crippen molar-refractivity contribution in [3.05, 3.63) is 0 Å². The van der Waals surface area contributed by atoms with Crippen molar-refractivity contribution in [2.45, 2.75) is 0 Å². The van der Waals surface area contributed by atoms with Crippen LogP contribution in [0.15, 0.2) is 0 Å². The van der Waals surface area contributed by atoms with Crippen molar-refractivity contribution in [3.63, 3.8) is 0 Å². The van der Waals surface area contributed by atoms with Gasteiger partial charge in [0.25, 0.3) is 0 Å². The van der Waals surface area contributed by atoms with E-state index in [9.17, 15) is 0 Å². The van der Waals surface area contributed by atoms with Crippen molar-refractivity contribution in [1.29, 1.82) is 0 Å². The van der Waals surface area contributed by atoms with Gasteiger partial charge in [-0.05, 0) is 0 Å². The van der Waals surface area contributed by atoms with Crippen LogP contribution in [-0.4, -0.2) is 12.2 Å². The average molecular weight is 265 g/mol. The standard InChI is InChI=1S/CH4O.Au.ClH/c1-2;;/h2H,1H3;;1H.